The summed E-state index contributed by atoms with van der Waals surface area (Å²) in [4.78, 5) is 33.0. The molecule has 0 aliphatic carbocycles. The number of carbonyl (C=O) groups excluding carboxylic acids is 2. The van der Waals surface area contributed by atoms with Gasteiger partial charge < -0.3 is 9.80 Å². The summed E-state index contributed by atoms with van der Waals surface area (Å²) in [5.74, 6) is 0.368. The van der Waals surface area contributed by atoms with Crippen molar-refractivity contribution in [3.63, 3.8) is 0 Å². The fourth-order valence-electron chi connectivity index (χ4n) is 5.01. The van der Waals surface area contributed by atoms with Crippen molar-refractivity contribution in [2.75, 3.05) is 40.3 Å². The fraction of sp³-hybridized carbons (Fsp3) is 0.600. The van der Waals surface area contributed by atoms with Gasteiger partial charge in [-0.2, -0.15) is 0 Å². The first-order valence-electron chi connectivity index (χ1n) is 11.8. The van der Waals surface area contributed by atoms with Gasteiger partial charge in [-0.25, -0.2) is 0 Å². The van der Waals surface area contributed by atoms with Crippen molar-refractivity contribution in [2.24, 2.45) is 0 Å². The van der Waals surface area contributed by atoms with Gasteiger partial charge in [-0.1, -0.05) is 31.0 Å². The highest BCUT2D eigenvalue weighted by atomic mass is 32.1. The maximum Gasteiger partial charge on any atom is 0.263 e. The monoisotopic (exact) mass is 441 g/mol. The molecule has 0 unspecified atom stereocenters. The number of fused-ring (bicyclic) bond motifs is 1. The molecule has 0 bridgehead atoms. The molecule has 2 aliphatic rings. The van der Waals surface area contributed by atoms with Crippen LogP contribution in [0, 0.1) is 0 Å². The van der Waals surface area contributed by atoms with Gasteiger partial charge in [0.2, 0.25) is 5.91 Å². The van der Waals surface area contributed by atoms with E-state index in [1.807, 2.05) is 20.2 Å². The van der Waals surface area contributed by atoms with E-state index in [-0.39, 0.29) is 11.8 Å². The molecule has 2 saturated heterocycles. The van der Waals surface area contributed by atoms with Crippen LogP contribution in [0.15, 0.2) is 24.3 Å². The molecular weight excluding hydrogens is 406 g/mol. The van der Waals surface area contributed by atoms with Crippen LogP contribution in [-0.2, 0) is 11.2 Å². The van der Waals surface area contributed by atoms with Crippen LogP contribution in [0.25, 0.3) is 10.1 Å². The summed E-state index contributed by atoms with van der Waals surface area (Å²) >= 11 is 1.61. The normalized spacial score (nSPS) is 20.6. The Kier molecular flexibility index (Phi) is 7.28. The van der Waals surface area contributed by atoms with Crippen molar-refractivity contribution >= 4 is 33.2 Å². The maximum absolute atomic E-state index is 13.0. The van der Waals surface area contributed by atoms with E-state index in [0.29, 0.717) is 12.6 Å². The van der Waals surface area contributed by atoms with Crippen LogP contribution < -0.4 is 0 Å². The maximum atomic E-state index is 13.0. The Labute approximate surface area is 190 Å². The van der Waals surface area contributed by atoms with E-state index < -0.39 is 0 Å². The Balaban J connectivity index is 1.59. The quantitative estimate of drug-likeness (QED) is 0.691. The van der Waals surface area contributed by atoms with E-state index in [4.69, 9.17) is 0 Å². The molecule has 1 aromatic heterocycles. The first-order valence-corrected chi connectivity index (χ1v) is 12.6. The summed E-state index contributed by atoms with van der Waals surface area (Å²) in [7, 11) is 3.65. The van der Waals surface area contributed by atoms with E-state index in [2.05, 4.69) is 28.0 Å². The van der Waals surface area contributed by atoms with Gasteiger partial charge in [-0.15, -0.1) is 11.3 Å². The standard InChI is InChI=1S/C25H35N3O2S/c1-26(2)25(30)24-21(20-12-6-7-13-22(20)31-24)17-19-11-5-3-8-16-28(19)18-23(29)27-14-9-4-10-15-27/h6-7,12-13,19H,3-5,8-11,14-18H2,1-2H3/t19-/m1/s1. The first kappa shape index (κ1) is 22.3. The van der Waals surface area contributed by atoms with Crippen molar-refractivity contribution < 1.29 is 9.59 Å². The lowest BCUT2D eigenvalue weighted by Crippen LogP contribution is -2.46. The number of hydrogen-bond acceptors (Lipinski definition) is 4. The molecule has 0 spiro atoms. The van der Waals surface area contributed by atoms with Crippen molar-refractivity contribution in [3.05, 3.63) is 34.7 Å². The van der Waals surface area contributed by atoms with Gasteiger partial charge in [0.15, 0.2) is 0 Å². The van der Waals surface area contributed by atoms with E-state index in [0.717, 1.165) is 56.6 Å². The topological polar surface area (TPSA) is 43.9 Å². The van der Waals surface area contributed by atoms with Crippen LogP contribution in [0.5, 0.6) is 0 Å². The predicted octanol–water partition coefficient (Wildman–Crippen LogP) is 4.40. The van der Waals surface area contributed by atoms with Crippen LogP contribution >= 0.6 is 11.3 Å². The highest BCUT2D eigenvalue weighted by molar-refractivity contribution is 7.21. The molecular formula is C25H35N3O2S. The Morgan fingerprint density at radius 1 is 1.00 bits per heavy atom. The van der Waals surface area contributed by atoms with Crippen LogP contribution in [0.2, 0.25) is 0 Å². The zero-order valence-corrected chi connectivity index (χ0v) is 19.8. The number of benzene rings is 1. The number of hydrogen-bond donors (Lipinski definition) is 0. The summed E-state index contributed by atoms with van der Waals surface area (Å²) in [6.45, 7) is 3.31. The molecule has 3 heterocycles. The van der Waals surface area contributed by atoms with Gasteiger partial charge in [0.1, 0.15) is 0 Å². The van der Waals surface area contributed by atoms with Gasteiger partial charge in [-0.3, -0.25) is 14.5 Å². The molecule has 168 valence electrons. The number of rotatable bonds is 5. The minimum Gasteiger partial charge on any atom is -0.344 e. The van der Waals surface area contributed by atoms with E-state index in [1.165, 1.54) is 34.9 Å². The van der Waals surface area contributed by atoms with Crippen LogP contribution in [0.3, 0.4) is 0 Å². The second kappa shape index (κ2) is 10.1. The summed E-state index contributed by atoms with van der Waals surface area (Å²) in [6, 6.07) is 8.67. The van der Waals surface area contributed by atoms with Crippen LogP contribution in [0.1, 0.15) is 60.2 Å². The number of amides is 2. The number of piperidine rings is 1. The van der Waals surface area contributed by atoms with Gasteiger partial charge >= 0.3 is 0 Å². The number of carbonyl (C=O) groups is 2. The molecule has 2 fully saturated rings. The molecule has 1 atom stereocenters. The number of nitrogens with zero attached hydrogens (tertiary/aromatic N) is 3. The average molecular weight is 442 g/mol. The number of likely N-dealkylation sites (tertiary alicyclic amines) is 2. The highest BCUT2D eigenvalue weighted by Crippen LogP contribution is 2.34. The van der Waals surface area contributed by atoms with Crippen LogP contribution in [-0.4, -0.2) is 72.8 Å². The third kappa shape index (κ3) is 5.12. The summed E-state index contributed by atoms with van der Waals surface area (Å²) < 4.78 is 1.17. The van der Waals surface area contributed by atoms with Gasteiger partial charge in [0.25, 0.3) is 5.91 Å². The van der Waals surface area contributed by atoms with Gasteiger partial charge in [-0.05, 0) is 62.1 Å². The van der Waals surface area contributed by atoms with E-state index >= 15 is 0 Å². The fourth-order valence-corrected chi connectivity index (χ4v) is 6.26. The minimum absolute atomic E-state index is 0.0840. The van der Waals surface area contributed by atoms with Crippen molar-refractivity contribution in [1.82, 2.24) is 14.7 Å². The number of thiophene rings is 1. The molecule has 2 aromatic rings. The minimum atomic E-state index is 0.0840. The molecule has 1 aromatic carbocycles. The van der Waals surface area contributed by atoms with Gasteiger partial charge in [0, 0.05) is 37.9 Å². The lowest BCUT2D eigenvalue weighted by atomic mass is 9.97. The molecule has 2 aliphatic heterocycles. The van der Waals surface area contributed by atoms with Crippen molar-refractivity contribution in [3.8, 4) is 0 Å². The lowest BCUT2D eigenvalue weighted by molar-refractivity contribution is -0.133. The molecule has 2 amide bonds. The SMILES string of the molecule is CN(C)C(=O)c1sc2ccccc2c1C[C@H]1CCCCCN1CC(=O)N1CCCCC1. The third-order valence-electron chi connectivity index (χ3n) is 6.78. The first-order chi connectivity index (χ1) is 15.0. The highest BCUT2D eigenvalue weighted by Gasteiger charge is 2.29. The van der Waals surface area contributed by atoms with Crippen LogP contribution in [0.4, 0.5) is 0 Å². The zero-order chi connectivity index (χ0) is 21.8. The Morgan fingerprint density at radius 3 is 2.48 bits per heavy atom. The lowest BCUT2D eigenvalue weighted by Gasteiger charge is -2.33. The molecule has 4 rings (SSSR count). The predicted molar refractivity (Wildman–Crippen MR) is 128 cm³/mol. The molecule has 6 heteroatoms. The van der Waals surface area contributed by atoms with E-state index in [1.54, 1.807) is 16.2 Å². The molecule has 0 saturated carbocycles. The summed E-state index contributed by atoms with van der Waals surface area (Å²) in [5, 5.41) is 1.20. The second-order valence-corrected chi connectivity index (χ2v) is 10.3. The Bertz CT molecular complexity index is 917. The summed E-state index contributed by atoms with van der Waals surface area (Å²) in [6.07, 6.45) is 9.00. The van der Waals surface area contributed by atoms with Crippen molar-refractivity contribution in [1.29, 1.82) is 0 Å². The molecule has 0 N–H and O–H groups in total. The summed E-state index contributed by atoms with van der Waals surface area (Å²) in [5.41, 5.74) is 1.17. The third-order valence-corrected chi connectivity index (χ3v) is 7.99. The molecule has 0 radical (unpaired) electrons. The van der Waals surface area contributed by atoms with Gasteiger partial charge in [0.05, 0.1) is 11.4 Å². The average Bonchev–Trinajstić information content (AvgIpc) is 3.00. The Morgan fingerprint density at radius 2 is 1.71 bits per heavy atom. The largest absolute Gasteiger partial charge is 0.344 e. The smallest absolute Gasteiger partial charge is 0.263 e. The zero-order valence-electron chi connectivity index (χ0n) is 18.9. The molecule has 31 heavy (non-hydrogen) atoms. The second-order valence-electron chi connectivity index (χ2n) is 9.22. The molecule has 5 nitrogen and oxygen atoms in total. The van der Waals surface area contributed by atoms with Crippen molar-refractivity contribution in [2.45, 2.75) is 57.4 Å². The Hall–Kier alpha value is -1.92. The van der Waals surface area contributed by atoms with E-state index in [9.17, 15) is 9.59 Å².